The summed E-state index contributed by atoms with van der Waals surface area (Å²) in [5, 5.41) is 13.5. The lowest BCUT2D eigenvalue weighted by molar-refractivity contribution is -0.142. The fourth-order valence-electron chi connectivity index (χ4n) is 3.28. The minimum Gasteiger partial charge on any atom is -0.466 e. The smallest absolute Gasteiger partial charge is 0.321 e. The highest BCUT2D eigenvalue weighted by atomic mass is 32.2. The Morgan fingerprint density at radius 3 is 2.48 bits per heavy atom. The van der Waals surface area contributed by atoms with Gasteiger partial charge in [0.2, 0.25) is 5.91 Å². The summed E-state index contributed by atoms with van der Waals surface area (Å²) in [5.41, 5.74) is 0. The molecule has 3 amide bonds. The van der Waals surface area contributed by atoms with Crippen LogP contribution in [0.25, 0.3) is 0 Å². The molecule has 1 saturated carbocycles. The Morgan fingerprint density at radius 1 is 1.17 bits per heavy atom. The second-order valence-corrected chi connectivity index (χ2v) is 8.73. The molecule has 29 heavy (non-hydrogen) atoms. The molecule has 0 unspecified atom stereocenters. The van der Waals surface area contributed by atoms with E-state index in [-0.39, 0.29) is 24.5 Å². The highest BCUT2D eigenvalue weighted by Gasteiger charge is 2.27. The Bertz CT molecular complexity index is 715. The van der Waals surface area contributed by atoms with Gasteiger partial charge in [-0.15, -0.1) is 10.2 Å². The number of nitrogens with one attached hydrogen (secondary N) is 2. The van der Waals surface area contributed by atoms with Crippen LogP contribution >= 0.6 is 11.8 Å². The summed E-state index contributed by atoms with van der Waals surface area (Å²) in [7, 11) is 0. The molecule has 0 bridgehead atoms. The molecule has 1 fully saturated rings. The van der Waals surface area contributed by atoms with Crippen LogP contribution in [0.5, 0.6) is 0 Å². The zero-order valence-corrected chi connectivity index (χ0v) is 18.4. The van der Waals surface area contributed by atoms with Crippen LogP contribution in [0.1, 0.15) is 71.7 Å². The van der Waals surface area contributed by atoms with Gasteiger partial charge in [-0.05, 0) is 40.5 Å². The third-order valence-corrected chi connectivity index (χ3v) is 5.65. The van der Waals surface area contributed by atoms with Crippen LogP contribution in [0, 0.1) is 0 Å². The summed E-state index contributed by atoms with van der Waals surface area (Å²) < 4.78 is 7.04. The normalized spacial score (nSPS) is 15.8. The lowest BCUT2D eigenvalue weighted by Crippen LogP contribution is -2.45. The van der Waals surface area contributed by atoms with E-state index in [1.54, 1.807) is 13.8 Å². The summed E-state index contributed by atoms with van der Waals surface area (Å²) in [6, 6.07) is -0.384. The van der Waals surface area contributed by atoms with Crippen LogP contribution in [0.2, 0.25) is 0 Å². The maximum Gasteiger partial charge on any atom is 0.321 e. The van der Waals surface area contributed by atoms with Crippen molar-refractivity contribution in [3.8, 4) is 0 Å². The number of thioether (sulfide) groups is 1. The summed E-state index contributed by atoms with van der Waals surface area (Å²) in [6.07, 6.45) is 5.43. The number of hydrogen-bond donors (Lipinski definition) is 2. The van der Waals surface area contributed by atoms with Crippen molar-refractivity contribution in [3.05, 3.63) is 5.82 Å². The summed E-state index contributed by atoms with van der Waals surface area (Å²) in [5.74, 6) is -0.189. The average molecular weight is 426 g/mol. The highest BCUT2D eigenvalue weighted by Crippen LogP contribution is 2.34. The van der Waals surface area contributed by atoms with E-state index in [1.165, 1.54) is 18.2 Å². The lowest BCUT2D eigenvalue weighted by atomic mass is 9.95. The zero-order chi connectivity index (χ0) is 21.4. The Morgan fingerprint density at radius 2 is 1.86 bits per heavy atom. The van der Waals surface area contributed by atoms with E-state index < -0.39 is 17.2 Å². The van der Waals surface area contributed by atoms with E-state index in [2.05, 4.69) is 20.8 Å². The van der Waals surface area contributed by atoms with Crippen molar-refractivity contribution in [2.45, 2.75) is 88.7 Å². The molecule has 1 aliphatic rings. The van der Waals surface area contributed by atoms with Crippen LogP contribution in [0.3, 0.4) is 0 Å². The minimum absolute atomic E-state index is 0.0509. The zero-order valence-electron chi connectivity index (χ0n) is 17.6. The number of urea groups is 1. The Kier molecular flexibility index (Phi) is 8.94. The minimum atomic E-state index is -0.546. The first-order valence-corrected chi connectivity index (χ1v) is 11.1. The van der Waals surface area contributed by atoms with Crippen molar-refractivity contribution in [1.82, 2.24) is 25.4 Å². The molecule has 10 heteroatoms. The molecule has 1 aliphatic carbocycles. The number of nitrogens with zero attached hydrogens (tertiary/aromatic N) is 3. The molecule has 2 N–H and O–H groups in total. The Balaban J connectivity index is 2.13. The lowest BCUT2D eigenvalue weighted by Gasteiger charge is -2.26. The predicted molar refractivity (Wildman–Crippen MR) is 110 cm³/mol. The van der Waals surface area contributed by atoms with Crippen molar-refractivity contribution < 1.29 is 19.1 Å². The Hall–Kier alpha value is -2.10. The van der Waals surface area contributed by atoms with E-state index in [0.717, 1.165) is 25.7 Å². The molecule has 1 atom stereocenters. The van der Waals surface area contributed by atoms with Crippen molar-refractivity contribution in [1.29, 1.82) is 0 Å². The van der Waals surface area contributed by atoms with Crippen molar-refractivity contribution >= 4 is 29.7 Å². The fourth-order valence-corrected chi connectivity index (χ4v) is 4.22. The molecular weight excluding hydrogens is 394 g/mol. The van der Waals surface area contributed by atoms with Crippen LogP contribution in [0.4, 0.5) is 4.79 Å². The first-order valence-electron chi connectivity index (χ1n) is 10.2. The van der Waals surface area contributed by atoms with Gasteiger partial charge in [-0.2, -0.15) is 0 Å². The monoisotopic (exact) mass is 425 g/mol. The summed E-state index contributed by atoms with van der Waals surface area (Å²) in [6.45, 7) is 7.43. The van der Waals surface area contributed by atoms with Crippen molar-refractivity contribution in [2.75, 3.05) is 6.61 Å². The predicted octanol–water partition coefficient (Wildman–Crippen LogP) is 2.60. The number of aromatic nitrogens is 3. The number of rotatable bonds is 8. The molecule has 0 spiro atoms. The number of imide groups is 1. The first kappa shape index (κ1) is 23.2. The topological polar surface area (TPSA) is 115 Å². The number of carbonyl (C=O) groups is 3. The second-order valence-electron chi connectivity index (χ2n) is 7.42. The third-order valence-electron chi connectivity index (χ3n) is 4.59. The van der Waals surface area contributed by atoms with Crippen molar-refractivity contribution in [3.63, 3.8) is 0 Å². The van der Waals surface area contributed by atoms with Gasteiger partial charge in [-0.1, -0.05) is 31.0 Å². The maximum atomic E-state index is 12.4. The van der Waals surface area contributed by atoms with Gasteiger partial charge in [0.15, 0.2) is 5.16 Å². The van der Waals surface area contributed by atoms with Crippen LogP contribution in [-0.4, -0.2) is 50.6 Å². The molecule has 162 valence electrons. The van der Waals surface area contributed by atoms with Gasteiger partial charge >= 0.3 is 12.0 Å². The van der Waals surface area contributed by atoms with Gasteiger partial charge in [0.05, 0.1) is 11.9 Å². The van der Waals surface area contributed by atoms with Gasteiger partial charge in [0.25, 0.3) is 0 Å². The number of carbonyl (C=O) groups excluding carboxylic acids is 3. The third kappa shape index (κ3) is 7.02. The highest BCUT2D eigenvalue weighted by molar-refractivity contribution is 8.00. The molecule has 2 rings (SSSR count). The molecule has 1 aromatic heterocycles. The fraction of sp³-hybridized carbons (Fsp3) is 0.737. The number of ether oxygens (including phenoxy) is 1. The average Bonchev–Trinajstić information content (AvgIpc) is 3.03. The number of esters is 1. The molecule has 0 saturated heterocycles. The van der Waals surface area contributed by atoms with Gasteiger partial charge in [-0.3, -0.25) is 14.9 Å². The molecule has 1 aromatic rings. The molecular formula is C19H31N5O4S. The number of hydrogen-bond acceptors (Lipinski definition) is 7. The molecule has 9 nitrogen and oxygen atoms in total. The molecule has 1 heterocycles. The van der Waals surface area contributed by atoms with Gasteiger partial charge in [-0.25, -0.2) is 4.79 Å². The summed E-state index contributed by atoms with van der Waals surface area (Å²) >= 11 is 1.24. The number of amides is 3. The largest absolute Gasteiger partial charge is 0.466 e. The van der Waals surface area contributed by atoms with Crippen LogP contribution < -0.4 is 10.6 Å². The summed E-state index contributed by atoms with van der Waals surface area (Å²) in [4.78, 5) is 36.1. The van der Waals surface area contributed by atoms with Gasteiger partial charge in [0, 0.05) is 12.1 Å². The Labute approximate surface area is 175 Å². The second kappa shape index (κ2) is 11.2. The molecule has 0 aliphatic heterocycles. The van der Waals surface area contributed by atoms with E-state index >= 15 is 0 Å². The maximum absolute atomic E-state index is 12.4. The standard InChI is InChI=1S/C19H31N5O4S/c1-5-28-16(25)11-15-22-23-19(24(15)14-9-7-6-8-10-14)29-13(4)17(26)21-18(27)20-12(2)3/h12-14H,5-11H2,1-4H3,(H2,20,21,26,27)/t13-/m0/s1. The van der Waals surface area contributed by atoms with Crippen LogP contribution in [0.15, 0.2) is 5.16 Å². The van der Waals surface area contributed by atoms with E-state index in [0.29, 0.717) is 17.6 Å². The SMILES string of the molecule is CCOC(=O)Cc1nnc(S[C@@H](C)C(=O)NC(=O)NC(C)C)n1C1CCCCC1. The van der Waals surface area contributed by atoms with E-state index in [1.807, 2.05) is 18.4 Å². The van der Waals surface area contributed by atoms with Gasteiger partial charge < -0.3 is 14.6 Å². The molecule has 0 radical (unpaired) electrons. The van der Waals surface area contributed by atoms with E-state index in [4.69, 9.17) is 4.74 Å². The van der Waals surface area contributed by atoms with E-state index in [9.17, 15) is 14.4 Å². The van der Waals surface area contributed by atoms with Crippen LogP contribution in [-0.2, 0) is 20.7 Å². The van der Waals surface area contributed by atoms with Gasteiger partial charge in [0.1, 0.15) is 12.2 Å². The quantitative estimate of drug-likeness (QED) is 0.486. The first-order chi connectivity index (χ1) is 13.8. The van der Waals surface area contributed by atoms with Crippen molar-refractivity contribution in [2.24, 2.45) is 0 Å². The molecule has 0 aromatic carbocycles.